The minimum atomic E-state index is 0.880. The molecule has 3 heteroatoms. The van der Waals surface area contributed by atoms with Gasteiger partial charge in [-0.1, -0.05) is 110 Å². The van der Waals surface area contributed by atoms with Gasteiger partial charge >= 0.3 is 0 Å². The number of hydrogen-bond acceptors (Lipinski definition) is 3. The van der Waals surface area contributed by atoms with Crippen LogP contribution in [0.15, 0.2) is 178 Å². The third-order valence-electron chi connectivity index (χ3n) is 7.90. The van der Waals surface area contributed by atoms with Crippen molar-refractivity contribution in [2.24, 2.45) is 0 Å². The van der Waals surface area contributed by atoms with Crippen LogP contribution in [0.2, 0.25) is 0 Å². The highest BCUT2D eigenvalue weighted by molar-refractivity contribution is 5.83. The molecular weight excluding hydrogens is 558 g/mol. The van der Waals surface area contributed by atoms with Gasteiger partial charge in [0, 0.05) is 40.6 Å². The summed E-state index contributed by atoms with van der Waals surface area (Å²) in [7, 11) is 0. The van der Waals surface area contributed by atoms with E-state index in [1.807, 2.05) is 49.7 Å². The first kappa shape index (κ1) is 30.0. The zero-order chi connectivity index (χ0) is 31.9. The third kappa shape index (κ3) is 6.54. The Morgan fingerprint density at radius 2 is 1.11 bits per heavy atom. The molecule has 222 valence electrons. The van der Waals surface area contributed by atoms with E-state index < -0.39 is 0 Å². The maximum atomic E-state index is 4.73. The van der Waals surface area contributed by atoms with Gasteiger partial charge in [-0.05, 0) is 95.4 Å². The molecule has 0 aliphatic carbocycles. The normalized spacial score (nSPS) is 11.1. The van der Waals surface area contributed by atoms with Gasteiger partial charge in [-0.3, -0.25) is 9.97 Å². The second-order valence-electron chi connectivity index (χ2n) is 11.1. The Labute approximate surface area is 271 Å². The van der Waals surface area contributed by atoms with E-state index >= 15 is 0 Å². The summed E-state index contributed by atoms with van der Waals surface area (Å²) in [6, 6.07) is 44.4. The molecule has 6 aromatic rings. The summed E-state index contributed by atoms with van der Waals surface area (Å²) in [4.78, 5) is 11.7. The number of benzene rings is 4. The molecule has 0 saturated heterocycles. The van der Waals surface area contributed by atoms with Gasteiger partial charge in [0.25, 0.3) is 0 Å². The molecule has 6 rings (SSSR count). The molecular formula is C43H35N3. The van der Waals surface area contributed by atoms with Gasteiger partial charge < -0.3 is 4.90 Å². The molecule has 4 aromatic carbocycles. The van der Waals surface area contributed by atoms with Crippen molar-refractivity contribution in [3.63, 3.8) is 0 Å². The minimum Gasteiger partial charge on any atom is -0.310 e. The average molecular weight is 594 g/mol. The van der Waals surface area contributed by atoms with Crippen LogP contribution in [0.4, 0.5) is 17.1 Å². The molecule has 0 bridgehead atoms. The van der Waals surface area contributed by atoms with Crippen molar-refractivity contribution < 1.29 is 0 Å². The van der Waals surface area contributed by atoms with Crippen LogP contribution in [0.3, 0.4) is 0 Å². The molecule has 0 radical (unpaired) electrons. The molecule has 0 aliphatic rings. The predicted molar refractivity (Wildman–Crippen MR) is 196 cm³/mol. The molecule has 0 spiro atoms. The van der Waals surface area contributed by atoms with Crippen molar-refractivity contribution in [2.45, 2.75) is 6.92 Å². The van der Waals surface area contributed by atoms with Crippen LogP contribution < -0.4 is 4.90 Å². The number of nitrogens with zero attached hydrogens (tertiary/aromatic N) is 3. The lowest BCUT2D eigenvalue weighted by atomic mass is 10.0. The Morgan fingerprint density at radius 1 is 0.565 bits per heavy atom. The lowest BCUT2D eigenvalue weighted by Gasteiger charge is -2.26. The number of pyridine rings is 2. The standard InChI is InChI=1S/C43H35N3/c1-5-12-32(6-2)36-24-26-45-43(30-36)38-16-11-18-41(28-38)46(39-21-19-34(20-22-39)33-13-8-7-9-14-33)40-17-10-15-37(27-40)42-29-35(31(3)4)23-25-44-42/h5-30H,1-3H2,4H3/b32-12+. The second kappa shape index (κ2) is 13.7. The fraction of sp³-hybridized carbons (Fsp3) is 0.0233. The lowest BCUT2D eigenvalue weighted by Crippen LogP contribution is -2.10. The molecule has 0 unspecified atom stereocenters. The first-order valence-electron chi connectivity index (χ1n) is 15.2. The van der Waals surface area contributed by atoms with Gasteiger partial charge in [-0.15, -0.1) is 0 Å². The third-order valence-corrected chi connectivity index (χ3v) is 7.90. The maximum absolute atomic E-state index is 4.73. The smallest absolute Gasteiger partial charge is 0.0708 e. The van der Waals surface area contributed by atoms with Gasteiger partial charge in [0.1, 0.15) is 0 Å². The Balaban J connectivity index is 1.46. The molecule has 2 heterocycles. The molecule has 0 atom stereocenters. The lowest BCUT2D eigenvalue weighted by molar-refractivity contribution is 1.26. The van der Waals surface area contributed by atoms with Crippen LogP contribution in [-0.4, -0.2) is 9.97 Å². The van der Waals surface area contributed by atoms with E-state index in [1.54, 1.807) is 6.08 Å². The average Bonchev–Trinajstić information content (AvgIpc) is 3.12. The Bertz CT molecular complexity index is 2050. The highest BCUT2D eigenvalue weighted by Crippen LogP contribution is 2.39. The summed E-state index contributed by atoms with van der Waals surface area (Å²) in [5, 5.41) is 0. The van der Waals surface area contributed by atoms with Gasteiger partial charge in [0.05, 0.1) is 11.4 Å². The Hall–Kier alpha value is -6.06. The molecule has 0 fully saturated rings. The number of aromatic nitrogens is 2. The maximum Gasteiger partial charge on any atom is 0.0708 e. The van der Waals surface area contributed by atoms with E-state index in [0.717, 1.165) is 61.9 Å². The molecule has 0 amide bonds. The van der Waals surface area contributed by atoms with Crippen LogP contribution in [0.1, 0.15) is 18.1 Å². The second-order valence-corrected chi connectivity index (χ2v) is 11.1. The van der Waals surface area contributed by atoms with Gasteiger partial charge in [0.15, 0.2) is 0 Å². The van der Waals surface area contributed by atoms with Crippen LogP contribution in [0, 0.1) is 0 Å². The van der Waals surface area contributed by atoms with E-state index in [4.69, 9.17) is 9.97 Å². The molecule has 0 N–H and O–H groups in total. The van der Waals surface area contributed by atoms with Crippen molar-refractivity contribution in [2.75, 3.05) is 4.90 Å². The van der Waals surface area contributed by atoms with E-state index in [1.165, 1.54) is 11.1 Å². The fourth-order valence-corrected chi connectivity index (χ4v) is 5.52. The van der Waals surface area contributed by atoms with Gasteiger partial charge in [0.2, 0.25) is 0 Å². The fourth-order valence-electron chi connectivity index (χ4n) is 5.52. The largest absolute Gasteiger partial charge is 0.310 e. The molecule has 46 heavy (non-hydrogen) atoms. The summed E-state index contributed by atoms with van der Waals surface area (Å²) < 4.78 is 0. The van der Waals surface area contributed by atoms with Crippen LogP contribution >= 0.6 is 0 Å². The monoisotopic (exact) mass is 593 g/mol. The number of hydrogen-bond donors (Lipinski definition) is 0. The van der Waals surface area contributed by atoms with Crippen molar-refractivity contribution in [3.05, 3.63) is 189 Å². The van der Waals surface area contributed by atoms with E-state index in [-0.39, 0.29) is 0 Å². The van der Waals surface area contributed by atoms with Gasteiger partial charge in [-0.2, -0.15) is 0 Å². The first-order chi connectivity index (χ1) is 22.5. The zero-order valence-electron chi connectivity index (χ0n) is 26.0. The summed E-state index contributed by atoms with van der Waals surface area (Å²) in [5.74, 6) is 0. The van der Waals surface area contributed by atoms with Crippen LogP contribution in [0.25, 0.3) is 44.8 Å². The number of allylic oxidation sites excluding steroid dienone is 5. The highest BCUT2D eigenvalue weighted by Gasteiger charge is 2.16. The van der Waals surface area contributed by atoms with Gasteiger partial charge in [-0.25, -0.2) is 0 Å². The topological polar surface area (TPSA) is 29.0 Å². The van der Waals surface area contributed by atoms with E-state index in [0.29, 0.717) is 0 Å². The van der Waals surface area contributed by atoms with Crippen LogP contribution in [-0.2, 0) is 0 Å². The first-order valence-corrected chi connectivity index (χ1v) is 15.2. The molecule has 3 nitrogen and oxygen atoms in total. The summed E-state index contributed by atoms with van der Waals surface area (Å²) >= 11 is 0. The summed E-state index contributed by atoms with van der Waals surface area (Å²) in [6.45, 7) is 14.0. The minimum absolute atomic E-state index is 0.880. The highest BCUT2D eigenvalue weighted by atomic mass is 15.1. The Kier molecular flexibility index (Phi) is 8.94. The van der Waals surface area contributed by atoms with Crippen molar-refractivity contribution in [1.82, 2.24) is 9.97 Å². The predicted octanol–water partition coefficient (Wildman–Crippen LogP) is 11.7. The SMILES string of the molecule is C=C/C=C(\C=C)c1ccnc(-c2cccc(N(c3ccc(-c4ccccc4)cc3)c3cccc(-c4cc(C(=C)C)ccn4)c3)c2)c1. The van der Waals surface area contributed by atoms with E-state index in [9.17, 15) is 0 Å². The molecule has 2 aromatic heterocycles. The number of rotatable bonds is 10. The summed E-state index contributed by atoms with van der Waals surface area (Å²) in [6.07, 6.45) is 9.26. The Morgan fingerprint density at radius 3 is 1.67 bits per heavy atom. The zero-order valence-corrected chi connectivity index (χ0v) is 26.0. The van der Waals surface area contributed by atoms with E-state index in [2.05, 4.69) is 134 Å². The van der Waals surface area contributed by atoms with Crippen molar-refractivity contribution >= 4 is 28.2 Å². The van der Waals surface area contributed by atoms with Crippen molar-refractivity contribution in [1.29, 1.82) is 0 Å². The van der Waals surface area contributed by atoms with Crippen LogP contribution in [0.5, 0.6) is 0 Å². The van der Waals surface area contributed by atoms with Crippen molar-refractivity contribution in [3.8, 4) is 33.6 Å². The molecule has 0 saturated carbocycles. The molecule has 0 aliphatic heterocycles. The quantitative estimate of drug-likeness (QED) is 0.148. The summed E-state index contributed by atoms with van der Waals surface area (Å²) in [5.41, 5.74) is 13.4. The number of anilines is 3.